The third-order valence-corrected chi connectivity index (χ3v) is 5.54. The topological polar surface area (TPSA) is 32.3 Å². The minimum absolute atomic E-state index is 0.175. The number of amides is 1. The van der Waals surface area contributed by atoms with Crippen LogP contribution in [-0.2, 0) is 11.3 Å². The zero-order valence-corrected chi connectivity index (χ0v) is 15.5. The van der Waals surface area contributed by atoms with Gasteiger partial charge in [0.2, 0.25) is 5.91 Å². The van der Waals surface area contributed by atoms with Crippen LogP contribution in [-0.4, -0.2) is 30.4 Å². The second-order valence-corrected chi connectivity index (χ2v) is 7.96. The molecule has 1 amide bonds. The Kier molecular flexibility index (Phi) is 5.07. The molecule has 3 heteroatoms. The summed E-state index contributed by atoms with van der Waals surface area (Å²) in [5.74, 6) is 1.67. The van der Waals surface area contributed by atoms with Crippen LogP contribution in [0, 0.1) is 11.8 Å². The third-order valence-electron chi connectivity index (χ3n) is 5.54. The van der Waals surface area contributed by atoms with Crippen molar-refractivity contribution in [3.05, 3.63) is 60.2 Å². The van der Waals surface area contributed by atoms with Crippen LogP contribution in [0.2, 0.25) is 0 Å². The predicted octanol–water partition coefficient (Wildman–Crippen LogP) is 4.09. The molecule has 2 saturated carbocycles. The maximum atomic E-state index is 12.5. The van der Waals surface area contributed by atoms with Crippen LogP contribution in [0.3, 0.4) is 0 Å². The van der Waals surface area contributed by atoms with Crippen molar-refractivity contribution in [2.45, 2.75) is 38.3 Å². The molecule has 136 valence electrons. The molecule has 26 heavy (non-hydrogen) atoms. The molecule has 4 rings (SSSR count). The number of likely N-dealkylation sites (N-methyl/N-ethyl adjacent to an activating group) is 1. The van der Waals surface area contributed by atoms with Gasteiger partial charge in [0.25, 0.3) is 0 Å². The zero-order chi connectivity index (χ0) is 17.9. The molecule has 0 unspecified atom stereocenters. The van der Waals surface area contributed by atoms with Gasteiger partial charge in [-0.25, -0.2) is 0 Å². The van der Waals surface area contributed by atoms with E-state index >= 15 is 0 Å². The highest BCUT2D eigenvalue weighted by Crippen LogP contribution is 2.44. The number of rotatable bonds is 8. The van der Waals surface area contributed by atoms with E-state index in [0.29, 0.717) is 12.6 Å². The lowest BCUT2D eigenvalue weighted by molar-refractivity contribution is -0.123. The zero-order valence-electron chi connectivity index (χ0n) is 15.5. The van der Waals surface area contributed by atoms with Gasteiger partial charge in [0.1, 0.15) is 0 Å². The average molecular weight is 348 g/mol. The van der Waals surface area contributed by atoms with E-state index in [0.717, 1.165) is 18.4 Å². The van der Waals surface area contributed by atoms with E-state index in [2.05, 4.69) is 58.7 Å². The van der Waals surface area contributed by atoms with Gasteiger partial charge in [-0.2, -0.15) is 0 Å². The molecule has 2 aromatic rings. The molecular weight excluding hydrogens is 320 g/mol. The highest BCUT2D eigenvalue weighted by molar-refractivity contribution is 5.78. The lowest BCUT2D eigenvalue weighted by atomic mass is 9.99. The van der Waals surface area contributed by atoms with Crippen molar-refractivity contribution in [1.82, 2.24) is 10.2 Å². The molecule has 2 aliphatic carbocycles. The van der Waals surface area contributed by atoms with Crippen molar-refractivity contribution in [2.24, 2.45) is 11.8 Å². The van der Waals surface area contributed by atoms with Gasteiger partial charge in [-0.3, -0.25) is 9.69 Å². The van der Waals surface area contributed by atoms with Crippen molar-refractivity contribution in [3.63, 3.8) is 0 Å². The van der Waals surface area contributed by atoms with E-state index in [4.69, 9.17) is 0 Å². The average Bonchev–Trinajstić information content (AvgIpc) is 3.55. The Hall–Kier alpha value is -2.13. The highest BCUT2D eigenvalue weighted by atomic mass is 16.2. The van der Waals surface area contributed by atoms with Crippen molar-refractivity contribution >= 4 is 5.91 Å². The Bertz CT molecular complexity index is 738. The minimum atomic E-state index is 0.175. The van der Waals surface area contributed by atoms with Crippen LogP contribution in [0.25, 0.3) is 11.1 Å². The number of carbonyl (C=O) groups is 1. The van der Waals surface area contributed by atoms with Crippen LogP contribution in [0.4, 0.5) is 0 Å². The van der Waals surface area contributed by atoms with E-state index in [-0.39, 0.29) is 5.91 Å². The summed E-state index contributed by atoms with van der Waals surface area (Å²) >= 11 is 0. The predicted molar refractivity (Wildman–Crippen MR) is 106 cm³/mol. The maximum absolute atomic E-state index is 12.5. The van der Waals surface area contributed by atoms with Crippen LogP contribution in [0.15, 0.2) is 54.6 Å². The van der Waals surface area contributed by atoms with Crippen LogP contribution >= 0.6 is 0 Å². The number of hydrogen-bond acceptors (Lipinski definition) is 2. The molecule has 0 aromatic heterocycles. The van der Waals surface area contributed by atoms with E-state index in [1.807, 2.05) is 13.1 Å². The normalized spacial score (nSPS) is 16.9. The van der Waals surface area contributed by atoms with Gasteiger partial charge < -0.3 is 5.32 Å². The Labute approximate surface area is 156 Å². The fraction of sp³-hybridized carbons (Fsp3) is 0.435. The fourth-order valence-electron chi connectivity index (χ4n) is 3.91. The quantitative estimate of drug-likeness (QED) is 0.779. The Balaban J connectivity index is 1.37. The summed E-state index contributed by atoms with van der Waals surface area (Å²) in [5.41, 5.74) is 3.73. The summed E-state index contributed by atoms with van der Waals surface area (Å²) < 4.78 is 0. The van der Waals surface area contributed by atoms with Crippen LogP contribution in [0.5, 0.6) is 0 Å². The summed E-state index contributed by atoms with van der Waals surface area (Å²) in [7, 11) is 2.03. The van der Waals surface area contributed by atoms with Crippen LogP contribution < -0.4 is 5.32 Å². The second kappa shape index (κ2) is 7.63. The smallest absolute Gasteiger partial charge is 0.234 e. The molecule has 0 saturated heterocycles. The van der Waals surface area contributed by atoms with Gasteiger partial charge in [0.15, 0.2) is 0 Å². The Morgan fingerprint density at radius 3 is 2.27 bits per heavy atom. The van der Waals surface area contributed by atoms with E-state index < -0.39 is 0 Å². The van der Waals surface area contributed by atoms with Crippen molar-refractivity contribution in [1.29, 1.82) is 0 Å². The van der Waals surface area contributed by atoms with Crippen molar-refractivity contribution in [2.75, 3.05) is 13.6 Å². The first-order valence-corrected chi connectivity index (χ1v) is 9.82. The van der Waals surface area contributed by atoms with Gasteiger partial charge in [-0.1, -0.05) is 54.6 Å². The van der Waals surface area contributed by atoms with Crippen molar-refractivity contribution in [3.8, 4) is 11.1 Å². The minimum Gasteiger partial charge on any atom is -0.352 e. The van der Waals surface area contributed by atoms with Gasteiger partial charge in [0.05, 0.1) is 6.54 Å². The molecule has 0 atom stereocenters. The molecule has 2 aliphatic rings. The summed E-state index contributed by atoms with van der Waals surface area (Å²) in [4.78, 5) is 14.6. The molecule has 2 fully saturated rings. The number of hydrogen-bond donors (Lipinski definition) is 1. The largest absolute Gasteiger partial charge is 0.352 e. The Morgan fingerprint density at radius 2 is 1.62 bits per heavy atom. The van der Waals surface area contributed by atoms with Gasteiger partial charge in [0, 0.05) is 12.6 Å². The molecule has 0 aliphatic heterocycles. The number of benzene rings is 2. The van der Waals surface area contributed by atoms with Gasteiger partial charge in [-0.05, 0) is 61.3 Å². The monoisotopic (exact) mass is 348 g/mol. The van der Waals surface area contributed by atoms with Gasteiger partial charge in [-0.15, -0.1) is 0 Å². The van der Waals surface area contributed by atoms with E-state index in [9.17, 15) is 4.79 Å². The molecule has 0 spiro atoms. The maximum Gasteiger partial charge on any atom is 0.234 e. The molecular formula is C23H28N2O. The van der Waals surface area contributed by atoms with E-state index in [1.54, 1.807) is 0 Å². The second-order valence-electron chi connectivity index (χ2n) is 7.96. The standard InChI is InChI=1S/C23H28N2O/c1-25(16-22(26)24-23(18-11-12-18)19-13-14-19)15-20-9-5-6-10-21(20)17-7-3-2-4-8-17/h2-10,18-19,23H,11-16H2,1H3,(H,24,26). The lowest BCUT2D eigenvalue weighted by Gasteiger charge is -2.22. The summed E-state index contributed by atoms with van der Waals surface area (Å²) in [5, 5.41) is 3.32. The van der Waals surface area contributed by atoms with Crippen LogP contribution in [0.1, 0.15) is 31.2 Å². The molecule has 1 N–H and O–H groups in total. The highest BCUT2D eigenvalue weighted by Gasteiger charge is 2.42. The molecule has 0 bridgehead atoms. The molecule has 2 aromatic carbocycles. The first-order valence-electron chi connectivity index (χ1n) is 9.82. The summed E-state index contributed by atoms with van der Waals surface area (Å²) in [6.45, 7) is 1.23. The van der Waals surface area contributed by atoms with Gasteiger partial charge >= 0.3 is 0 Å². The summed E-state index contributed by atoms with van der Waals surface area (Å²) in [6, 6.07) is 19.4. The third kappa shape index (κ3) is 4.34. The molecule has 3 nitrogen and oxygen atoms in total. The first kappa shape index (κ1) is 17.3. The first-order chi connectivity index (χ1) is 12.7. The number of nitrogens with one attached hydrogen (secondary N) is 1. The van der Waals surface area contributed by atoms with E-state index in [1.165, 1.54) is 42.4 Å². The lowest BCUT2D eigenvalue weighted by Crippen LogP contribution is -2.43. The number of carbonyl (C=O) groups excluding carboxylic acids is 1. The molecule has 0 radical (unpaired) electrons. The summed E-state index contributed by atoms with van der Waals surface area (Å²) in [6.07, 6.45) is 5.17. The number of nitrogens with zero attached hydrogens (tertiary/aromatic N) is 1. The fourth-order valence-corrected chi connectivity index (χ4v) is 3.91. The Morgan fingerprint density at radius 1 is 1.00 bits per heavy atom. The SMILES string of the molecule is CN(CC(=O)NC(C1CC1)C1CC1)Cc1ccccc1-c1ccccc1. The molecule has 0 heterocycles. The van der Waals surface area contributed by atoms with Crippen molar-refractivity contribution < 1.29 is 4.79 Å².